The Morgan fingerprint density at radius 1 is 1.25 bits per heavy atom. The average Bonchev–Trinajstić information content (AvgIpc) is 1.77. The Kier molecular flexibility index (Phi) is 2.24. The smallest absolute Gasteiger partial charge is 0.00424 e. The minimum atomic E-state index is 0.698. The van der Waals surface area contributed by atoms with Crippen LogP contribution in [0.4, 0.5) is 0 Å². The van der Waals surface area contributed by atoms with Crippen molar-refractivity contribution in [2.24, 2.45) is 5.92 Å². The van der Waals surface area contributed by atoms with Crippen LogP contribution >= 0.6 is 12.6 Å². The second kappa shape index (κ2) is 2.77. The van der Waals surface area contributed by atoms with Gasteiger partial charge >= 0.3 is 0 Å². The molecule has 0 spiro atoms. The van der Waals surface area contributed by atoms with Crippen LogP contribution in [-0.4, -0.2) is 5.25 Å². The van der Waals surface area contributed by atoms with Crippen LogP contribution < -0.4 is 0 Å². The van der Waals surface area contributed by atoms with Gasteiger partial charge in [-0.3, -0.25) is 0 Å². The first kappa shape index (κ1) is 6.47. The first-order valence-corrected chi connectivity index (χ1v) is 4.00. The molecule has 1 aliphatic carbocycles. The summed E-state index contributed by atoms with van der Waals surface area (Å²) in [5, 5.41) is 0.698. The highest BCUT2D eigenvalue weighted by atomic mass is 32.1. The van der Waals surface area contributed by atoms with Gasteiger partial charge in [0.25, 0.3) is 0 Å². The summed E-state index contributed by atoms with van der Waals surface area (Å²) in [6.45, 7) is 2.30. The molecule has 0 aromatic carbocycles. The van der Waals surface area contributed by atoms with E-state index < -0.39 is 0 Å². The van der Waals surface area contributed by atoms with E-state index in [0.717, 1.165) is 5.92 Å². The van der Waals surface area contributed by atoms with Crippen LogP contribution in [0.1, 0.15) is 32.6 Å². The third-order valence-electron chi connectivity index (χ3n) is 2.07. The Bertz CT molecular complexity index is 60.8. The van der Waals surface area contributed by atoms with Crippen molar-refractivity contribution in [2.45, 2.75) is 37.9 Å². The van der Waals surface area contributed by atoms with E-state index in [2.05, 4.69) is 19.6 Å². The van der Waals surface area contributed by atoms with Crippen molar-refractivity contribution in [3.8, 4) is 0 Å². The van der Waals surface area contributed by atoms with Crippen molar-refractivity contribution in [2.75, 3.05) is 0 Å². The van der Waals surface area contributed by atoms with Gasteiger partial charge in [-0.2, -0.15) is 12.6 Å². The topological polar surface area (TPSA) is 0 Å². The fourth-order valence-corrected chi connectivity index (χ4v) is 1.63. The van der Waals surface area contributed by atoms with Crippen molar-refractivity contribution in [1.82, 2.24) is 0 Å². The summed E-state index contributed by atoms with van der Waals surface area (Å²) >= 11 is 4.46. The molecule has 0 aliphatic heterocycles. The van der Waals surface area contributed by atoms with Gasteiger partial charge in [0.05, 0.1) is 0 Å². The standard InChI is InChI=1S/C7H14S/c1-6-4-2-3-5-7(6)8/h6-8H,2-5H2,1H3/t6-,7?/m1/s1. The molecule has 0 saturated heterocycles. The zero-order chi connectivity index (χ0) is 5.98. The maximum atomic E-state index is 4.46. The van der Waals surface area contributed by atoms with E-state index in [1.165, 1.54) is 25.7 Å². The lowest BCUT2D eigenvalue weighted by atomic mass is 9.90. The van der Waals surface area contributed by atoms with E-state index >= 15 is 0 Å². The van der Waals surface area contributed by atoms with Gasteiger partial charge in [-0.1, -0.05) is 19.8 Å². The molecule has 1 fully saturated rings. The second-order valence-corrected chi connectivity index (χ2v) is 3.49. The largest absolute Gasteiger partial charge is 0.176 e. The molecule has 48 valence electrons. The van der Waals surface area contributed by atoms with Crippen molar-refractivity contribution in [3.05, 3.63) is 0 Å². The molecule has 0 nitrogen and oxygen atoms in total. The molecular formula is C7H14S. The van der Waals surface area contributed by atoms with Gasteiger partial charge in [0.2, 0.25) is 0 Å². The molecule has 0 bridgehead atoms. The Balaban J connectivity index is 2.28. The molecule has 1 rings (SSSR count). The van der Waals surface area contributed by atoms with Crippen LogP contribution in [-0.2, 0) is 0 Å². The third-order valence-corrected chi connectivity index (χ3v) is 2.83. The van der Waals surface area contributed by atoms with Crippen LogP contribution in [0.2, 0.25) is 0 Å². The number of rotatable bonds is 0. The summed E-state index contributed by atoms with van der Waals surface area (Å²) in [7, 11) is 0. The minimum Gasteiger partial charge on any atom is -0.176 e. The van der Waals surface area contributed by atoms with Gasteiger partial charge in [0.15, 0.2) is 0 Å². The van der Waals surface area contributed by atoms with Crippen LogP contribution in [0.25, 0.3) is 0 Å². The maximum absolute atomic E-state index is 4.46. The molecule has 8 heavy (non-hydrogen) atoms. The molecule has 0 aromatic heterocycles. The Hall–Kier alpha value is 0.350. The van der Waals surface area contributed by atoms with Crippen molar-refractivity contribution < 1.29 is 0 Å². The number of hydrogen-bond donors (Lipinski definition) is 1. The van der Waals surface area contributed by atoms with E-state index in [0.29, 0.717) is 5.25 Å². The number of hydrogen-bond acceptors (Lipinski definition) is 1. The maximum Gasteiger partial charge on any atom is 0.00424 e. The lowest BCUT2D eigenvalue weighted by Gasteiger charge is -2.23. The zero-order valence-corrected chi connectivity index (χ0v) is 6.32. The Morgan fingerprint density at radius 2 is 1.88 bits per heavy atom. The summed E-state index contributed by atoms with van der Waals surface area (Å²) in [4.78, 5) is 0. The lowest BCUT2D eigenvalue weighted by Crippen LogP contribution is -2.15. The third kappa shape index (κ3) is 1.41. The van der Waals surface area contributed by atoms with Gasteiger partial charge in [-0.05, 0) is 18.8 Å². The van der Waals surface area contributed by atoms with E-state index in [9.17, 15) is 0 Å². The average molecular weight is 130 g/mol. The van der Waals surface area contributed by atoms with Crippen molar-refractivity contribution in [3.63, 3.8) is 0 Å². The molecule has 1 unspecified atom stereocenters. The fourth-order valence-electron chi connectivity index (χ4n) is 1.30. The first-order valence-electron chi connectivity index (χ1n) is 3.49. The highest BCUT2D eigenvalue weighted by Crippen LogP contribution is 2.27. The molecule has 0 N–H and O–H groups in total. The first-order chi connectivity index (χ1) is 3.80. The fraction of sp³-hybridized carbons (Fsp3) is 1.00. The van der Waals surface area contributed by atoms with E-state index in [-0.39, 0.29) is 0 Å². The SMILES string of the molecule is C[C@@H]1CCCCC1S. The van der Waals surface area contributed by atoms with Crippen LogP contribution in [0.5, 0.6) is 0 Å². The van der Waals surface area contributed by atoms with Gasteiger partial charge < -0.3 is 0 Å². The second-order valence-electron chi connectivity index (χ2n) is 2.83. The van der Waals surface area contributed by atoms with Gasteiger partial charge in [-0.15, -0.1) is 0 Å². The molecule has 0 radical (unpaired) electrons. The summed E-state index contributed by atoms with van der Waals surface area (Å²) in [5.41, 5.74) is 0. The van der Waals surface area contributed by atoms with Crippen molar-refractivity contribution >= 4 is 12.6 Å². The molecule has 0 heterocycles. The van der Waals surface area contributed by atoms with Gasteiger partial charge in [-0.25, -0.2) is 0 Å². The van der Waals surface area contributed by atoms with Gasteiger partial charge in [0, 0.05) is 5.25 Å². The van der Waals surface area contributed by atoms with Crippen molar-refractivity contribution in [1.29, 1.82) is 0 Å². The highest BCUT2D eigenvalue weighted by molar-refractivity contribution is 7.81. The van der Waals surface area contributed by atoms with E-state index in [1.807, 2.05) is 0 Å². The quantitative estimate of drug-likeness (QED) is 0.478. The summed E-state index contributed by atoms with van der Waals surface area (Å²) < 4.78 is 0. The summed E-state index contributed by atoms with van der Waals surface area (Å²) in [5.74, 6) is 0.868. The predicted octanol–water partition coefficient (Wildman–Crippen LogP) is 2.49. The lowest BCUT2D eigenvalue weighted by molar-refractivity contribution is 0.399. The normalized spacial score (nSPS) is 39.8. The minimum absolute atomic E-state index is 0.698. The molecule has 1 saturated carbocycles. The molecule has 0 amide bonds. The Labute approximate surface area is 57.1 Å². The van der Waals surface area contributed by atoms with Gasteiger partial charge in [0.1, 0.15) is 0 Å². The van der Waals surface area contributed by atoms with Crippen LogP contribution in [0, 0.1) is 5.92 Å². The Morgan fingerprint density at radius 3 is 2.25 bits per heavy atom. The predicted molar refractivity (Wildman–Crippen MR) is 40.4 cm³/mol. The molecule has 0 aromatic rings. The summed E-state index contributed by atoms with van der Waals surface area (Å²) in [6, 6.07) is 0. The summed E-state index contributed by atoms with van der Waals surface area (Å²) in [6.07, 6.45) is 5.56. The molecular weight excluding hydrogens is 116 g/mol. The van der Waals surface area contributed by atoms with Crippen LogP contribution in [0.3, 0.4) is 0 Å². The van der Waals surface area contributed by atoms with Crippen LogP contribution in [0.15, 0.2) is 0 Å². The highest BCUT2D eigenvalue weighted by Gasteiger charge is 2.16. The monoisotopic (exact) mass is 130 g/mol. The number of thiol groups is 1. The zero-order valence-electron chi connectivity index (χ0n) is 5.43. The van der Waals surface area contributed by atoms with E-state index in [4.69, 9.17) is 0 Å². The molecule has 2 atom stereocenters. The molecule has 1 heteroatoms. The molecule has 1 aliphatic rings. The van der Waals surface area contributed by atoms with E-state index in [1.54, 1.807) is 0 Å².